The lowest BCUT2D eigenvalue weighted by atomic mass is 10.1. The number of carbonyl (C=O) groups is 1. The highest BCUT2D eigenvalue weighted by atomic mass is 35.5. The van der Waals surface area contributed by atoms with Crippen LogP contribution in [0.3, 0.4) is 0 Å². The van der Waals surface area contributed by atoms with E-state index in [0.717, 1.165) is 11.4 Å². The van der Waals surface area contributed by atoms with Crippen LogP contribution in [0.4, 0.5) is 0 Å². The van der Waals surface area contributed by atoms with Crippen LogP contribution in [0.1, 0.15) is 28.7 Å². The summed E-state index contributed by atoms with van der Waals surface area (Å²) < 4.78 is 1.99. The van der Waals surface area contributed by atoms with E-state index in [1.807, 2.05) is 43.7 Å². The largest absolute Gasteiger partial charge is 0.319 e. The van der Waals surface area contributed by atoms with Gasteiger partial charge in [0.05, 0.1) is 5.38 Å². The second-order valence-corrected chi connectivity index (χ2v) is 4.58. The predicted octanol–water partition coefficient (Wildman–Crippen LogP) is 2.11. The van der Waals surface area contributed by atoms with Crippen LogP contribution in [0.2, 0.25) is 0 Å². The number of alkyl halides is 1. The first-order valence-corrected chi connectivity index (χ1v) is 5.34. The van der Waals surface area contributed by atoms with Crippen molar-refractivity contribution in [1.29, 1.82) is 0 Å². The zero-order valence-corrected chi connectivity index (χ0v) is 10.6. The average Bonchev–Trinajstić information content (AvgIpc) is 2.40. The standard InChI is InChI=1S/C11H17ClN2O/c1-7-6-10(11(15)8(2)12)9(3)14(7)13(4)5/h6,8H,1-5H3. The molecule has 1 unspecified atom stereocenters. The maximum absolute atomic E-state index is 11.8. The summed E-state index contributed by atoms with van der Waals surface area (Å²) in [6, 6.07) is 1.89. The Kier molecular flexibility index (Phi) is 3.45. The Morgan fingerprint density at radius 3 is 2.33 bits per heavy atom. The van der Waals surface area contributed by atoms with Crippen LogP contribution < -0.4 is 5.01 Å². The van der Waals surface area contributed by atoms with Gasteiger partial charge in [0.25, 0.3) is 0 Å². The average molecular weight is 229 g/mol. The van der Waals surface area contributed by atoms with E-state index in [1.54, 1.807) is 6.92 Å². The number of halogens is 1. The van der Waals surface area contributed by atoms with Crippen molar-refractivity contribution in [3.63, 3.8) is 0 Å². The van der Waals surface area contributed by atoms with Gasteiger partial charge in [-0.2, -0.15) is 0 Å². The Labute approximate surface area is 95.6 Å². The molecule has 0 bridgehead atoms. The highest BCUT2D eigenvalue weighted by Crippen LogP contribution is 2.18. The van der Waals surface area contributed by atoms with Gasteiger partial charge in [0.1, 0.15) is 0 Å². The van der Waals surface area contributed by atoms with Crippen LogP contribution in [0.25, 0.3) is 0 Å². The van der Waals surface area contributed by atoms with E-state index in [1.165, 1.54) is 0 Å². The lowest BCUT2D eigenvalue weighted by molar-refractivity contribution is 0.0991. The molecule has 84 valence electrons. The number of hydrogen-bond donors (Lipinski definition) is 0. The zero-order valence-electron chi connectivity index (χ0n) is 9.84. The van der Waals surface area contributed by atoms with E-state index in [-0.39, 0.29) is 5.78 Å². The number of hydrogen-bond acceptors (Lipinski definition) is 2. The lowest BCUT2D eigenvalue weighted by Crippen LogP contribution is -2.27. The minimum Gasteiger partial charge on any atom is -0.319 e. The molecule has 0 spiro atoms. The Hall–Kier alpha value is -0.960. The van der Waals surface area contributed by atoms with Gasteiger partial charge in [-0.25, -0.2) is 0 Å². The molecule has 1 heterocycles. The van der Waals surface area contributed by atoms with E-state index in [9.17, 15) is 4.79 Å². The van der Waals surface area contributed by atoms with Crippen molar-refractivity contribution in [1.82, 2.24) is 4.68 Å². The Morgan fingerprint density at radius 1 is 1.47 bits per heavy atom. The molecule has 0 N–H and O–H groups in total. The summed E-state index contributed by atoms with van der Waals surface area (Å²) >= 11 is 5.80. The molecule has 0 aliphatic heterocycles. The summed E-state index contributed by atoms with van der Waals surface area (Å²) in [5.41, 5.74) is 2.69. The highest BCUT2D eigenvalue weighted by Gasteiger charge is 2.19. The second-order valence-electron chi connectivity index (χ2n) is 3.92. The van der Waals surface area contributed by atoms with Crippen molar-refractivity contribution < 1.29 is 4.79 Å². The normalized spacial score (nSPS) is 12.7. The lowest BCUT2D eigenvalue weighted by Gasteiger charge is -2.19. The van der Waals surface area contributed by atoms with Gasteiger partial charge in [0, 0.05) is 31.0 Å². The zero-order chi connectivity index (χ0) is 11.7. The van der Waals surface area contributed by atoms with Crippen molar-refractivity contribution in [3.05, 3.63) is 23.0 Å². The number of aryl methyl sites for hydroxylation is 1. The minimum absolute atomic E-state index is 0.0159. The van der Waals surface area contributed by atoms with Gasteiger partial charge in [0.15, 0.2) is 5.78 Å². The fraction of sp³-hybridized carbons (Fsp3) is 0.545. The van der Waals surface area contributed by atoms with E-state index in [2.05, 4.69) is 0 Å². The molecule has 0 fully saturated rings. The first kappa shape index (κ1) is 12.1. The Morgan fingerprint density at radius 2 is 2.00 bits per heavy atom. The molecule has 0 aromatic carbocycles. The maximum atomic E-state index is 11.8. The van der Waals surface area contributed by atoms with E-state index in [4.69, 9.17) is 11.6 Å². The van der Waals surface area contributed by atoms with Gasteiger partial charge in [-0.05, 0) is 26.8 Å². The number of carbonyl (C=O) groups excluding carboxylic acids is 1. The Balaban J connectivity index is 3.24. The SMILES string of the molecule is Cc1cc(C(=O)C(C)Cl)c(C)n1N(C)C. The van der Waals surface area contributed by atoms with Gasteiger partial charge < -0.3 is 5.01 Å². The number of ketones is 1. The van der Waals surface area contributed by atoms with Gasteiger partial charge in [0.2, 0.25) is 0 Å². The van der Waals surface area contributed by atoms with E-state index < -0.39 is 5.38 Å². The van der Waals surface area contributed by atoms with Crippen LogP contribution in [0, 0.1) is 13.8 Å². The van der Waals surface area contributed by atoms with Gasteiger partial charge in [-0.1, -0.05) is 0 Å². The maximum Gasteiger partial charge on any atom is 0.182 e. The molecule has 1 aromatic rings. The third-order valence-electron chi connectivity index (χ3n) is 2.42. The number of aromatic nitrogens is 1. The molecular formula is C11H17ClN2O. The van der Waals surface area contributed by atoms with Crippen molar-refractivity contribution in [3.8, 4) is 0 Å². The van der Waals surface area contributed by atoms with Crippen LogP contribution >= 0.6 is 11.6 Å². The van der Waals surface area contributed by atoms with Gasteiger partial charge in [-0.3, -0.25) is 9.47 Å². The van der Waals surface area contributed by atoms with Crippen molar-refractivity contribution in [2.45, 2.75) is 26.1 Å². The molecule has 4 heteroatoms. The molecule has 1 aromatic heterocycles. The van der Waals surface area contributed by atoms with Gasteiger partial charge in [-0.15, -0.1) is 11.6 Å². The summed E-state index contributed by atoms with van der Waals surface area (Å²) in [4.78, 5) is 11.8. The molecule has 0 saturated carbocycles. The molecule has 0 radical (unpaired) electrons. The highest BCUT2D eigenvalue weighted by molar-refractivity contribution is 6.33. The molecule has 1 rings (SSSR count). The first-order valence-electron chi connectivity index (χ1n) is 4.91. The van der Waals surface area contributed by atoms with Crippen molar-refractivity contribution in [2.24, 2.45) is 0 Å². The monoisotopic (exact) mass is 228 g/mol. The topological polar surface area (TPSA) is 25.2 Å². The summed E-state index contributed by atoms with van der Waals surface area (Å²) in [5, 5.41) is 1.47. The van der Waals surface area contributed by atoms with Crippen LogP contribution in [-0.2, 0) is 0 Å². The molecule has 0 saturated heterocycles. The smallest absolute Gasteiger partial charge is 0.182 e. The minimum atomic E-state index is -0.471. The van der Waals surface area contributed by atoms with Crippen LogP contribution in [-0.4, -0.2) is 29.9 Å². The van der Waals surface area contributed by atoms with E-state index >= 15 is 0 Å². The summed E-state index contributed by atoms with van der Waals surface area (Å²) in [6.07, 6.45) is 0. The summed E-state index contributed by atoms with van der Waals surface area (Å²) in [5.74, 6) is -0.0159. The Bertz CT molecular complexity index is 380. The summed E-state index contributed by atoms with van der Waals surface area (Å²) in [6.45, 7) is 5.61. The van der Waals surface area contributed by atoms with Crippen LogP contribution in [0.15, 0.2) is 6.07 Å². The number of Topliss-reactive ketones (excluding diaryl/α,β-unsaturated/α-hetero) is 1. The quantitative estimate of drug-likeness (QED) is 0.585. The fourth-order valence-corrected chi connectivity index (χ4v) is 1.95. The molecule has 0 aliphatic rings. The molecule has 1 atom stereocenters. The summed E-state index contributed by atoms with van der Waals surface area (Å²) in [7, 11) is 3.89. The predicted molar refractivity (Wildman–Crippen MR) is 63.6 cm³/mol. The number of rotatable bonds is 3. The molecule has 0 aliphatic carbocycles. The van der Waals surface area contributed by atoms with E-state index in [0.29, 0.717) is 5.56 Å². The number of nitrogens with zero attached hydrogens (tertiary/aromatic N) is 2. The fourth-order valence-electron chi connectivity index (χ4n) is 1.83. The third kappa shape index (κ3) is 2.17. The first-order chi connectivity index (χ1) is 6.86. The second kappa shape index (κ2) is 4.27. The van der Waals surface area contributed by atoms with Crippen LogP contribution in [0.5, 0.6) is 0 Å². The third-order valence-corrected chi connectivity index (χ3v) is 2.62. The molecule has 3 nitrogen and oxygen atoms in total. The van der Waals surface area contributed by atoms with Crippen molar-refractivity contribution in [2.75, 3.05) is 19.1 Å². The van der Waals surface area contributed by atoms with Gasteiger partial charge >= 0.3 is 0 Å². The molecule has 15 heavy (non-hydrogen) atoms. The molecular weight excluding hydrogens is 212 g/mol. The molecule has 0 amide bonds. The van der Waals surface area contributed by atoms with Crippen molar-refractivity contribution >= 4 is 17.4 Å².